The number of thiophene rings is 1. The van der Waals surface area contributed by atoms with Gasteiger partial charge in [0, 0.05) is 23.3 Å². The molecule has 1 fully saturated rings. The zero-order chi connectivity index (χ0) is 11.5. The highest BCUT2D eigenvalue weighted by atomic mass is 32.1. The van der Waals surface area contributed by atoms with Crippen LogP contribution in [0.15, 0.2) is 29.9 Å². The molecule has 3 rings (SSSR count). The minimum Gasteiger partial charge on any atom is -0.353 e. The lowest BCUT2D eigenvalue weighted by molar-refractivity contribution is 0.719. The lowest BCUT2D eigenvalue weighted by Gasteiger charge is -2.14. The Balaban J connectivity index is 1.70. The normalized spacial score (nSPS) is 16.5. The van der Waals surface area contributed by atoms with Gasteiger partial charge in [0.05, 0.1) is 6.54 Å². The smallest absolute Gasteiger partial charge is 0.203 e. The second-order valence-electron chi connectivity index (χ2n) is 4.58. The fourth-order valence-corrected chi connectivity index (χ4v) is 3.10. The van der Waals surface area contributed by atoms with E-state index in [1.165, 1.54) is 30.6 Å². The molecule has 17 heavy (non-hydrogen) atoms. The van der Waals surface area contributed by atoms with Crippen LogP contribution in [0.4, 0.5) is 5.95 Å². The second kappa shape index (κ2) is 4.92. The monoisotopic (exact) mass is 247 g/mol. The van der Waals surface area contributed by atoms with Gasteiger partial charge in [-0.1, -0.05) is 18.9 Å². The maximum Gasteiger partial charge on any atom is 0.203 e. The third kappa shape index (κ3) is 2.52. The first kappa shape index (κ1) is 10.8. The van der Waals surface area contributed by atoms with E-state index < -0.39 is 0 Å². The standard InChI is InChI=1S/C13H17N3S/c1-2-5-11(4-1)15-13-14-7-8-16(13)10-12-6-3-9-17-12/h3,6-9,11H,1-2,4-5,10H2,(H,14,15). The van der Waals surface area contributed by atoms with Crippen molar-refractivity contribution in [3.05, 3.63) is 34.8 Å². The molecule has 90 valence electrons. The van der Waals surface area contributed by atoms with E-state index in [4.69, 9.17) is 0 Å². The summed E-state index contributed by atoms with van der Waals surface area (Å²) in [4.78, 5) is 5.79. The molecular formula is C13H17N3S. The summed E-state index contributed by atoms with van der Waals surface area (Å²) in [5.74, 6) is 1.02. The van der Waals surface area contributed by atoms with Crippen LogP contribution in [-0.2, 0) is 6.54 Å². The first-order valence-electron chi connectivity index (χ1n) is 6.22. The van der Waals surface area contributed by atoms with Gasteiger partial charge in [-0.15, -0.1) is 11.3 Å². The van der Waals surface area contributed by atoms with E-state index in [1.54, 1.807) is 11.3 Å². The molecule has 4 heteroatoms. The van der Waals surface area contributed by atoms with Gasteiger partial charge in [-0.3, -0.25) is 0 Å². The van der Waals surface area contributed by atoms with E-state index in [0.29, 0.717) is 6.04 Å². The molecule has 0 aromatic carbocycles. The molecule has 0 amide bonds. The van der Waals surface area contributed by atoms with Crippen LogP contribution in [0.5, 0.6) is 0 Å². The van der Waals surface area contributed by atoms with E-state index in [0.717, 1.165) is 12.5 Å². The highest BCUT2D eigenvalue weighted by molar-refractivity contribution is 7.09. The number of nitrogens with zero attached hydrogens (tertiary/aromatic N) is 2. The van der Waals surface area contributed by atoms with Crippen molar-refractivity contribution in [2.75, 3.05) is 5.32 Å². The molecule has 2 aromatic heterocycles. The molecule has 0 atom stereocenters. The molecule has 0 bridgehead atoms. The molecule has 1 saturated carbocycles. The molecule has 0 aliphatic heterocycles. The molecule has 0 radical (unpaired) electrons. The van der Waals surface area contributed by atoms with Crippen LogP contribution in [0.2, 0.25) is 0 Å². The Morgan fingerprint density at radius 1 is 1.41 bits per heavy atom. The van der Waals surface area contributed by atoms with E-state index in [1.807, 2.05) is 6.20 Å². The van der Waals surface area contributed by atoms with Gasteiger partial charge in [0.1, 0.15) is 0 Å². The fourth-order valence-electron chi connectivity index (χ4n) is 2.40. The first-order chi connectivity index (χ1) is 8.42. The molecule has 0 unspecified atom stereocenters. The average molecular weight is 247 g/mol. The van der Waals surface area contributed by atoms with Gasteiger partial charge >= 0.3 is 0 Å². The number of nitrogens with one attached hydrogen (secondary N) is 1. The van der Waals surface area contributed by atoms with Crippen LogP contribution in [0.1, 0.15) is 30.6 Å². The van der Waals surface area contributed by atoms with Gasteiger partial charge in [0.2, 0.25) is 5.95 Å². The van der Waals surface area contributed by atoms with Crippen LogP contribution in [0, 0.1) is 0 Å². The summed E-state index contributed by atoms with van der Waals surface area (Å²) >= 11 is 1.80. The second-order valence-corrected chi connectivity index (χ2v) is 5.62. The SMILES string of the molecule is c1csc(Cn2ccnc2NC2CCCC2)c1. The van der Waals surface area contributed by atoms with E-state index in [9.17, 15) is 0 Å². The van der Waals surface area contributed by atoms with Crippen LogP contribution >= 0.6 is 11.3 Å². The Hall–Kier alpha value is -1.29. The molecule has 1 aliphatic carbocycles. The number of hydrogen-bond acceptors (Lipinski definition) is 3. The molecule has 3 nitrogen and oxygen atoms in total. The molecule has 2 aromatic rings. The molecular weight excluding hydrogens is 230 g/mol. The molecule has 2 heterocycles. The highest BCUT2D eigenvalue weighted by Gasteiger charge is 2.16. The Labute approximate surface area is 106 Å². The summed E-state index contributed by atoms with van der Waals surface area (Å²) < 4.78 is 2.20. The van der Waals surface area contributed by atoms with Gasteiger partial charge in [-0.25, -0.2) is 4.98 Å². The van der Waals surface area contributed by atoms with Crippen molar-refractivity contribution in [1.82, 2.24) is 9.55 Å². The van der Waals surface area contributed by atoms with Crippen molar-refractivity contribution in [3.63, 3.8) is 0 Å². The highest BCUT2D eigenvalue weighted by Crippen LogP contribution is 2.22. The van der Waals surface area contributed by atoms with Crippen molar-refractivity contribution < 1.29 is 0 Å². The van der Waals surface area contributed by atoms with E-state index in [2.05, 4.69) is 38.6 Å². The predicted molar refractivity (Wildman–Crippen MR) is 71.5 cm³/mol. The zero-order valence-corrected chi connectivity index (χ0v) is 10.6. The summed E-state index contributed by atoms with van der Waals surface area (Å²) in [7, 11) is 0. The summed E-state index contributed by atoms with van der Waals surface area (Å²) in [6.45, 7) is 0.923. The van der Waals surface area contributed by atoms with Gasteiger partial charge in [0.15, 0.2) is 0 Å². The van der Waals surface area contributed by atoms with E-state index in [-0.39, 0.29) is 0 Å². The molecule has 1 aliphatic rings. The minimum absolute atomic E-state index is 0.625. The molecule has 1 N–H and O–H groups in total. The fraction of sp³-hybridized carbons (Fsp3) is 0.462. The number of anilines is 1. The molecule has 0 spiro atoms. The molecule has 0 saturated heterocycles. The Bertz CT molecular complexity index is 455. The minimum atomic E-state index is 0.625. The lowest BCUT2D eigenvalue weighted by atomic mass is 10.2. The van der Waals surface area contributed by atoms with E-state index >= 15 is 0 Å². The third-order valence-electron chi connectivity index (χ3n) is 3.31. The third-order valence-corrected chi connectivity index (χ3v) is 4.17. The van der Waals surface area contributed by atoms with Gasteiger partial charge < -0.3 is 9.88 Å². The van der Waals surface area contributed by atoms with Crippen LogP contribution in [0.3, 0.4) is 0 Å². The van der Waals surface area contributed by atoms with Crippen molar-refractivity contribution in [3.8, 4) is 0 Å². The average Bonchev–Trinajstić information content (AvgIpc) is 3.04. The summed E-state index contributed by atoms with van der Waals surface area (Å²) in [6.07, 6.45) is 9.20. The summed E-state index contributed by atoms with van der Waals surface area (Å²) in [5.41, 5.74) is 0. The number of imidazole rings is 1. The van der Waals surface area contributed by atoms with Crippen molar-refractivity contribution in [2.45, 2.75) is 38.3 Å². The maximum atomic E-state index is 4.42. The Kier molecular flexibility index (Phi) is 3.14. The van der Waals surface area contributed by atoms with Crippen LogP contribution < -0.4 is 5.32 Å². The van der Waals surface area contributed by atoms with Gasteiger partial charge in [0.25, 0.3) is 0 Å². The van der Waals surface area contributed by atoms with Gasteiger partial charge in [-0.2, -0.15) is 0 Å². The van der Waals surface area contributed by atoms with Crippen LogP contribution in [0.25, 0.3) is 0 Å². The summed E-state index contributed by atoms with van der Waals surface area (Å²) in [5, 5.41) is 5.68. The Morgan fingerprint density at radius 3 is 3.06 bits per heavy atom. The van der Waals surface area contributed by atoms with Crippen LogP contribution in [-0.4, -0.2) is 15.6 Å². The maximum absolute atomic E-state index is 4.42. The zero-order valence-electron chi connectivity index (χ0n) is 9.80. The largest absolute Gasteiger partial charge is 0.353 e. The van der Waals surface area contributed by atoms with Crippen molar-refractivity contribution >= 4 is 17.3 Å². The number of aromatic nitrogens is 2. The quantitative estimate of drug-likeness (QED) is 0.898. The van der Waals surface area contributed by atoms with Crippen molar-refractivity contribution in [2.24, 2.45) is 0 Å². The summed E-state index contributed by atoms with van der Waals surface area (Å²) in [6, 6.07) is 4.89. The lowest BCUT2D eigenvalue weighted by Crippen LogP contribution is -2.18. The Morgan fingerprint density at radius 2 is 2.29 bits per heavy atom. The topological polar surface area (TPSA) is 29.9 Å². The van der Waals surface area contributed by atoms with Crippen molar-refractivity contribution in [1.29, 1.82) is 0 Å². The van der Waals surface area contributed by atoms with Gasteiger partial charge in [-0.05, 0) is 24.3 Å². The predicted octanol–water partition coefficient (Wildman–Crippen LogP) is 3.35. The number of rotatable bonds is 4. The number of hydrogen-bond donors (Lipinski definition) is 1. The first-order valence-corrected chi connectivity index (χ1v) is 7.10.